The van der Waals surface area contributed by atoms with Crippen LogP contribution in [0.15, 0.2) is 30.3 Å². The van der Waals surface area contributed by atoms with Crippen molar-refractivity contribution in [2.75, 3.05) is 13.7 Å². The molecule has 0 fully saturated rings. The average molecular weight is 424 g/mol. The molecule has 1 aromatic rings. The molecule has 0 heterocycles. The Morgan fingerprint density at radius 2 is 1.67 bits per heavy atom. The highest BCUT2D eigenvalue weighted by atomic mass is 16.5. The van der Waals surface area contributed by atoms with Gasteiger partial charge in [0.25, 0.3) is 0 Å². The number of amides is 2. The van der Waals surface area contributed by atoms with Crippen molar-refractivity contribution in [1.29, 1.82) is 0 Å². The maximum Gasteiger partial charge on any atom is 0.243 e. The summed E-state index contributed by atoms with van der Waals surface area (Å²) < 4.78 is 4.90. The zero-order valence-electron chi connectivity index (χ0n) is 19.6. The summed E-state index contributed by atoms with van der Waals surface area (Å²) >= 11 is 0. The molecule has 1 aromatic carbocycles. The number of carbonyl (C=O) groups is 3. The highest BCUT2D eigenvalue weighted by molar-refractivity contribution is 5.90. The van der Waals surface area contributed by atoms with E-state index in [1.54, 1.807) is 7.11 Å². The molecule has 0 spiro atoms. The maximum absolute atomic E-state index is 12.2. The molecule has 7 heteroatoms. The quantitative estimate of drug-likeness (QED) is 0.501. The van der Waals surface area contributed by atoms with Crippen LogP contribution in [0, 0.1) is 5.92 Å². The number of carbonyl (C=O) groups excluding carboxylic acids is 3. The number of aldehydes is 1. The van der Waals surface area contributed by atoms with Crippen molar-refractivity contribution in [2.45, 2.75) is 72.6 Å². The van der Waals surface area contributed by atoms with Crippen LogP contribution < -0.4 is 16.4 Å². The summed E-state index contributed by atoms with van der Waals surface area (Å²) in [6, 6.07) is 7.99. The Morgan fingerprint density at radius 1 is 1.10 bits per heavy atom. The van der Waals surface area contributed by atoms with Gasteiger partial charge in [-0.25, -0.2) is 0 Å². The normalized spacial score (nSPS) is 12.8. The number of benzene rings is 1. The zero-order valence-corrected chi connectivity index (χ0v) is 19.6. The average Bonchev–Trinajstić information content (AvgIpc) is 2.77. The van der Waals surface area contributed by atoms with Crippen LogP contribution in [0.4, 0.5) is 0 Å². The molecule has 0 saturated heterocycles. The van der Waals surface area contributed by atoms with E-state index < -0.39 is 12.1 Å². The fraction of sp³-hybridized carbons (Fsp3) is 0.609. The van der Waals surface area contributed by atoms with Gasteiger partial charge in [-0.15, -0.1) is 0 Å². The summed E-state index contributed by atoms with van der Waals surface area (Å²) in [5.74, 6) is -0.884. The molecular formula is C23H41N3O4. The molecule has 0 aliphatic carbocycles. The second-order valence-electron chi connectivity index (χ2n) is 6.89. The van der Waals surface area contributed by atoms with Gasteiger partial charge in [-0.05, 0) is 31.2 Å². The van der Waals surface area contributed by atoms with Gasteiger partial charge in [0.1, 0.15) is 12.3 Å². The van der Waals surface area contributed by atoms with Crippen molar-refractivity contribution in [3.8, 4) is 0 Å². The van der Waals surface area contributed by atoms with E-state index in [0.717, 1.165) is 12.0 Å². The van der Waals surface area contributed by atoms with Gasteiger partial charge in [0.2, 0.25) is 11.8 Å². The molecule has 3 unspecified atom stereocenters. The Hall–Kier alpha value is -2.25. The van der Waals surface area contributed by atoms with Gasteiger partial charge < -0.3 is 25.9 Å². The first-order chi connectivity index (χ1) is 14.3. The van der Waals surface area contributed by atoms with Gasteiger partial charge in [0, 0.05) is 7.11 Å². The second kappa shape index (κ2) is 18.8. The van der Waals surface area contributed by atoms with E-state index in [9.17, 15) is 14.4 Å². The van der Waals surface area contributed by atoms with Gasteiger partial charge in [-0.1, -0.05) is 65.0 Å². The second-order valence-corrected chi connectivity index (χ2v) is 6.89. The molecule has 2 amide bonds. The van der Waals surface area contributed by atoms with Crippen molar-refractivity contribution in [1.82, 2.24) is 10.6 Å². The van der Waals surface area contributed by atoms with Crippen LogP contribution in [-0.2, 0) is 25.5 Å². The van der Waals surface area contributed by atoms with Crippen molar-refractivity contribution in [3.05, 3.63) is 35.9 Å². The number of hydrogen-bond acceptors (Lipinski definition) is 5. The van der Waals surface area contributed by atoms with Gasteiger partial charge in [-0.3, -0.25) is 9.59 Å². The lowest BCUT2D eigenvalue weighted by Crippen LogP contribution is -2.54. The van der Waals surface area contributed by atoms with E-state index in [4.69, 9.17) is 10.5 Å². The molecule has 0 aromatic heterocycles. The summed E-state index contributed by atoms with van der Waals surface area (Å²) in [7, 11) is 1.73. The fourth-order valence-electron chi connectivity index (χ4n) is 2.17. The summed E-state index contributed by atoms with van der Waals surface area (Å²) in [5.41, 5.74) is 6.85. The highest BCUT2D eigenvalue weighted by Crippen LogP contribution is 2.05. The molecule has 0 radical (unpaired) electrons. The topological polar surface area (TPSA) is 111 Å². The standard InChI is InChI=1S/C16H23N3O3.C5H12O.C2H6/c1-11(2)14(16(22)18-8-9-20)19-15(21)13(17)10-12-6-4-3-5-7-12;1-4-5(2)6-3;1-2/h3-7,9,11,13-14H,8,10,17H2,1-2H3,(H,18,22)(H,19,21);5H,4H2,1-3H3;1-2H3. The monoisotopic (exact) mass is 423 g/mol. The molecule has 0 bridgehead atoms. The van der Waals surface area contributed by atoms with E-state index in [-0.39, 0.29) is 24.3 Å². The number of nitrogens with two attached hydrogens (primary N) is 1. The smallest absolute Gasteiger partial charge is 0.243 e. The lowest BCUT2D eigenvalue weighted by Gasteiger charge is -2.23. The Labute approximate surface area is 182 Å². The van der Waals surface area contributed by atoms with Gasteiger partial charge in [0.15, 0.2) is 0 Å². The van der Waals surface area contributed by atoms with Crippen LogP contribution in [0.5, 0.6) is 0 Å². The van der Waals surface area contributed by atoms with Crippen molar-refractivity contribution in [3.63, 3.8) is 0 Å². The molecule has 0 saturated carbocycles. The van der Waals surface area contributed by atoms with Crippen LogP contribution in [0.3, 0.4) is 0 Å². The minimum Gasteiger partial charge on any atom is -0.382 e. The number of methoxy groups -OCH3 is 1. The lowest BCUT2D eigenvalue weighted by molar-refractivity contribution is -0.131. The molecule has 0 aliphatic rings. The SMILES string of the molecule is CC.CC(C)C(NC(=O)C(N)Cc1ccccc1)C(=O)NCC=O.CCC(C)OC. The van der Waals surface area contributed by atoms with Gasteiger partial charge in [0.05, 0.1) is 18.7 Å². The lowest BCUT2D eigenvalue weighted by atomic mass is 10.0. The van der Waals surface area contributed by atoms with Crippen LogP contribution in [0.1, 0.15) is 53.5 Å². The Bertz CT molecular complexity index is 575. The van der Waals surface area contributed by atoms with E-state index in [2.05, 4.69) is 24.5 Å². The number of rotatable bonds is 10. The van der Waals surface area contributed by atoms with E-state index >= 15 is 0 Å². The summed E-state index contributed by atoms with van der Waals surface area (Å²) in [6.45, 7) is 11.7. The minimum atomic E-state index is -0.734. The summed E-state index contributed by atoms with van der Waals surface area (Å²) in [5, 5.41) is 5.10. The molecule has 7 nitrogen and oxygen atoms in total. The predicted molar refractivity (Wildman–Crippen MR) is 122 cm³/mol. The van der Waals surface area contributed by atoms with Crippen molar-refractivity contribution in [2.24, 2.45) is 11.7 Å². The summed E-state index contributed by atoms with van der Waals surface area (Å²) in [6.07, 6.45) is 2.53. The Balaban J connectivity index is 0. The minimum absolute atomic E-state index is 0.0754. The third-order valence-corrected chi connectivity index (χ3v) is 4.22. The van der Waals surface area contributed by atoms with Crippen LogP contribution in [-0.4, -0.2) is 49.9 Å². The number of nitrogens with one attached hydrogen (secondary N) is 2. The third kappa shape index (κ3) is 13.8. The Kier molecular flexibility index (Phi) is 18.7. The van der Waals surface area contributed by atoms with Crippen LogP contribution >= 0.6 is 0 Å². The molecule has 172 valence electrons. The molecule has 0 aliphatic heterocycles. The number of ether oxygens (including phenoxy) is 1. The van der Waals surface area contributed by atoms with E-state index in [1.165, 1.54) is 0 Å². The van der Waals surface area contributed by atoms with Gasteiger partial charge >= 0.3 is 0 Å². The first-order valence-corrected chi connectivity index (χ1v) is 10.6. The largest absolute Gasteiger partial charge is 0.382 e. The molecule has 30 heavy (non-hydrogen) atoms. The van der Waals surface area contributed by atoms with Crippen LogP contribution in [0.25, 0.3) is 0 Å². The fourth-order valence-corrected chi connectivity index (χ4v) is 2.17. The molecule has 3 atom stereocenters. The van der Waals surface area contributed by atoms with Gasteiger partial charge in [-0.2, -0.15) is 0 Å². The van der Waals surface area contributed by atoms with Crippen molar-refractivity contribution >= 4 is 18.1 Å². The first-order valence-electron chi connectivity index (χ1n) is 10.6. The number of hydrogen-bond donors (Lipinski definition) is 3. The molecular weight excluding hydrogens is 382 g/mol. The highest BCUT2D eigenvalue weighted by Gasteiger charge is 2.26. The first kappa shape index (κ1) is 29.9. The van der Waals surface area contributed by atoms with Crippen molar-refractivity contribution < 1.29 is 19.1 Å². The predicted octanol–water partition coefficient (Wildman–Crippen LogP) is 2.47. The third-order valence-electron chi connectivity index (χ3n) is 4.22. The summed E-state index contributed by atoms with van der Waals surface area (Å²) in [4.78, 5) is 34.4. The van der Waals surface area contributed by atoms with E-state index in [1.807, 2.05) is 58.0 Å². The zero-order chi connectivity index (χ0) is 23.5. The van der Waals surface area contributed by atoms with E-state index in [0.29, 0.717) is 18.8 Å². The molecule has 1 rings (SSSR count). The maximum atomic E-state index is 12.2. The molecule has 4 N–H and O–H groups in total. The van der Waals surface area contributed by atoms with Crippen LogP contribution in [0.2, 0.25) is 0 Å². The Morgan fingerprint density at radius 3 is 2.07 bits per heavy atom.